The molecule has 3 aromatic rings. The van der Waals surface area contributed by atoms with E-state index in [-0.39, 0.29) is 18.3 Å². The summed E-state index contributed by atoms with van der Waals surface area (Å²) in [5.74, 6) is 0.655. The smallest absolute Gasteiger partial charge is 0.259 e. The molecule has 0 radical (unpaired) electrons. The van der Waals surface area contributed by atoms with Gasteiger partial charge in [-0.05, 0) is 35.2 Å². The molecule has 0 aliphatic heterocycles. The highest BCUT2D eigenvalue weighted by molar-refractivity contribution is 7.20. The predicted octanol–water partition coefficient (Wildman–Crippen LogP) is 3.32. The molecule has 0 atom stereocenters. The van der Waals surface area contributed by atoms with Gasteiger partial charge in [0.1, 0.15) is 11.6 Å². The summed E-state index contributed by atoms with van der Waals surface area (Å²) in [5, 5.41) is 8.62. The minimum atomic E-state index is -0.0887. The van der Waals surface area contributed by atoms with Gasteiger partial charge in [-0.2, -0.15) is 0 Å². The minimum absolute atomic E-state index is 0.000800. The number of nitrogens with zero attached hydrogens (tertiary/aromatic N) is 1. The fraction of sp³-hybridized carbons (Fsp3) is 0.158. The molecule has 6 heteroatoms. The summed E-state index contributed by atoms with van der Waals surface area (Å²) in [5.41, 5.74) is 7.50. The van der Waals surface area contributed by atoms with Gasteiger partial charge < -0.3 is 15.4 Å². The van der Waals surface area contributed by atoms with Crippen LogP contribution in [-0.4, -0.2) is 37.3 Å². The number of nitrogen functional groups attached to an aromatic ring is 1. The number of para-hydroxylation sites is 1. The van der Waals surface area contributed by atoms with Crippen LogP contribution in [-0.2, 0) is 4.79 Å². The third-order valence-corrected chi connectivity index (χ3v) is 4.98. The molecule has 0 aliphatic rings. The van der Waals surface area contributed by atoms with Crippen LogP contribution in [0.15, 0.2) is 48.5 Å². The highest BCUT2D eigenvalue weighted by Gasteiger charge is 2.11. The van der Waals surface area contributed by atoms with E-state index >= 15 is 0 Å². The number of fused-ring (bicyclic) bond motifs is 1. The molecule has 0 saturated carbocycles. The number of amidine groups is 1. The van der Waals surface area contributed by atoms with E-state index in [1.807, 2.05) is 48.5 Å². The highest BCUT2D eigenvalue weighted by Crippen LogP contribution is 2.34. The average molecular weight is 353 g/mol. The summed E-state index contributed by atoms with van der Waals surface area (Å²) in [7, 11) is 3.41. The second-order valence-electron chi connectivity index (χ2n) is 5.85. The zero-order chi connectivity index (χ0) is 18.0. The molecule has 0 fully saturated rings. The Labute approximate surface area is 150 Å². The number of hydrogen-bond donors (Lipinski definition) is 2. The fourth-order valence-electron chi connectivity index (χ4n) is 2.44. The third kappa shape index (κ3) is 3.64. The number of nitrogens with one attached hydrogen (secondary N) is 1. The van der Waals surface area contributed by atoms with Crippen LogP contribution in [0.2, 0.25) is 0 Å². The van der Waals surface area contributed by atoms with E-state index in [0.717, 1.165) is 26.1 Å². The van der Waals surface area contributed by atoms with Gasteiger partial charge in [0.05, 0.1) is 4.88 Å². The largest absolute Gasteiger partial charge is 0.483 e. The average Bonchev–Trinajstić information content (AvgIpc) is 3.03. The molecule has 5 nitrogen and oxygen atoms in total. The van der Waals surface area contributed by atoms with Gasteiger partial charge in [-0.1, -0.05) is 24.3 Å². The van der Waals surface area contributed by atoms with E-state index in [0.29, 0.717) is 5.75 Å². The van der Waals surface area contributed by atoms with Gasteiger partial charge in [0, 0.05) is 24.4 Å². The van der Waals surface area contributed by atoms with Gasteiger partial charge in [0.2, 0.25) is 0 Å². The van der Waals surface area contributed by atoms with E-state index in [2.05, 4.69) is 0 Å². The normalized spacial score (nSPS) is 10.6. The Morgan fingerprint density at radius 3 is 2.68 bits per heavy atom. The molecule has 3 N–H and O–H groups in total. The first-order valence-corrected chi connectivity index (χ1v) is 8.57. The van der Waals surface area contributed by atoms with E-state index < -0.39 is 0 Å². The number of rotatable bonds is 5. The van der Waals surface area contributed by atoms with Gasteiger partial charge >= 0.3 is 0 Å². The van der Waals surface area contributed by atoms with Gasteiger partial charge in [-0.25, -0.2) is 0 Å². The lowest BCUT2D eigenvalue weighted by molar-refractivity contribution is -0.130. The predicted molar refractivity (Wildman–Crippen MR) is 102 cm³/mol. The van der Waals surface area contributed by atoms with Crippen molar-refractivity contribution in [3.05, 3.63) is 53.4 Å². The summed E-state index contributed by atoms with van der Waals surface area (Å²) in [6.45, 7) is -0.000800. The number of ether oxygens (including phenoxy) is 1. The minimum Gasteiger partial charge on any atom is -0.483 e. The van der Waals surface area contributed by atoms with Crippen molar-refractivity contribution >= 4 is 33.2 Å². The third-order valence-electron chi connectivity index (χ3n) is 3.83. The highest BCUT2D eigenvalue weighted by atomic mass is 32.1. The number of carbonyl (C=O) groups is 1. The molecule has 128 valence electrons. The molecule has 2 aromatic carbocycles. The van der Waals surface area contributed by atoms with Crippen LogP contribution in [0.5, 0.6) is 5.75 Å². The van der Waals surface area contributed by atoms with Crippen molar-refractivity contribution in [2.75, 3.05) is 20.7 Å². The second-order valence-corrected chi connectivity index (χ2v) is 6.93. The zero-order valence-electron chi connectivity index (χ0n) is 14.1. The molecule has 3 rings (SSSR count). The first kappa shape index (κ1) is 17.0. The summed E-state index contributed by atoms with van der Waals surface area (Å²) >= 11 is 1.50. The van der Waals surface area contributed by atoms with Crippen molar-refractivity contribution < 1.29 is 9.53 Å². The van der Waals surface area contributed by atoms with Crippen molar-refractivity contribution in [1.82, 2.24) is 4.90 Å². The maximum absolute atomic E-state index is 11.8. The molecule has 0 saturated heterocycles. The Balaban J connectivity index is 1.94. The molecule has 0 aliphatic carbocycles. The molecule has 0 unspecified atom stereocenters. The molecule has 0 bridgehead atoms. The number of amides is 1. The van der Waals surface area contributed by atoms with Crippen LogP contribution in [0.3, 0.4) is 0 Å². The lowest BCUT2D eigenvalue weighted by Crippen LogP contribution is -2.27. The first-order valence-electron chi connectivity index (χ1n) is 7.76. The zero-order valence-corrected chi connectivity index (χ0v) is 14.9. The van der Waals surface area contributed by atoms with Gasteiger partial charge in [-0.15, -0.1) is 11.3 Å². The molecule has 0 spiro atoms. The Morgan fingerprint density at radius 1 is 1.20 bits per heavy atom. The fourth-order valence-corrected chi connectivity index (χ4v) is 3.35. The van der Waals surface area contributed by atoms with Crippen molar-refractivity contribution in [1.29, 1.82) is 5.41 Å². The monoisotopic (exact) mass is 353 g/mol. The lowest BCUT2D eigenvalue weighted by Gasteiger charge is -2.14. The topological polar surface area (TPSA) is 79.4 Å². The number of nitrogens with two attached hydrogens (primary N) is 1. The summed E-state index contributed by atoms with van der Waals surface area (Å²) in [4.78, 5) is 14.0. The molecular formula is C19H19N3O2S. The number of likely N-dealkylation sites (N-methyl/N-ethyl adjacent to an activating group) is 1. The van der Waals surface area contributed by atoms with Gasteiger partial charge in [0.25, 0.3) is 5.91 Å². The van der Waals surface area contributed by atoms with Crippen molar-refractivity contribution in [3.8, 4) is 16.9 Å². The second kappa shape index (κ2) is 6.94. The Hall–Kier alpha value is -2.86. The SMILES string of the molecule is CN(C)C(=O)COc1ccccc1-c1ccc2sc(C(=N)N)cc2c1. The van der Waals surface area contributed by atoms with Crippen LogP contribution in [0, 0.1) is 5.41 Å². The molecule has 25 heavy (non-hydrogen) atoms. The number of carbonyl (C=O) groups excluding carboxylic acids is 1. The van der Waals surface area contributed by atoms with Crippen LogP contribution in [0.25, 0.3) is 21.2 Å². The maximum atomic E-state index is 11.8. The van der Waals surface area contributed by atoms with Crippen molar-refractivity contribution in [3.63, 3.8) is 0 Å². The van der Waals surface area contributed by atoms with Gasteiger partial charge in [-0.3, -0.25) is 10.2 Å². The Kier molecular flexibility index (Phi) is 4.72. The molecule has 1 amide bonds. The number of hydrogen-bond acceptors (Lipinski definition) is 4. The summed E-state index contributed by atoms with van der Waals surface area (Å²) in [6.07, 6.45) is 0. The Morgan fingerprint density at radius 2 is 1.96 bits per heavy atom. The number of thiophene rings is 1. The molecular weight excluding hydrogens is 334 g/mol. The van der Waals surface area contributed by atoms with E-state index in [9.17, 15) is 4.79 Å². The van der Waals surface area contributed by atoms with E-state index in [4.69, 9.17) is 15.9 Å². The van der Waals surface area contributed by atoms with Gasteiger partial charge in [0.15, 0.2) is 6.61 Å². The van der Waals surface area contributed by atoms with E-state index in [1.54, 1.807) is 14.1 Å². The summed E-state index contributed by atoms with van der Waals surface area (Å²) in [6, 6.07) is 15.7. The van der Waals surface area contributed by atoms with Crippen LogP contribution >= 0.6 is 11.3 Å². The number of benzene rings is 2. The van der Waals surface area contributed by atoms with Crippen LogP contribution < -0.4 is 10.5 Å². The lowest BCUT2D eigenvalue weighted by atomic mass is 10.0. The first-order chi connectivity index (χ1) is 12.0. The standard InChI is InChI=1S/C19H19N3O2S/c1-22(2)18(23)11-24-15-6-4-3-5-14(15)12-7-8-16-13(9-12)10-17(25-16)19(20)21/h3-10H,11H2,1-2H3,(H3,20,21). The molecule has 1 heterocycles. The van der Waals surface area contributed by atoms with Crippen molar-refractivity contribution in [2.24, 2.45) is 5.73 Å². The quantitative estimate of drug-likeness (QED) is 0.545. The van der Waals surface area contributed by atoms with E-state index in [1.165, 1.54) is 16.2 Å². The Bertz CT molecular complexity index is 947. The van der Waals surface area contributed by atoms with Crippen LogP contribution in [0.1, 0.15) is 4.88 Å². The summed E-state index contributed by atoms with van der Waals surface area (Å²) < 4.78 is 6.81. The maximum Gasteiger partial charge on any atom is 0.259 e. The van der Waals surface area contributed by atoms with Crippen LogP contribution in [0.4, 0.5) is 0 Å². The van der Waals surface area contributed by atoms with Crippen molar-refractivity contribution in [2.45, 2.75) is 0 Å². The molecule has 1 aromatic heterocycles.